The van der Waals surface area contributed by atoms with Gasteiger partial charge in [-0.3, -0.25) is 10.1 Å². The summed E-state index contributed by atoms with van der Waals surface area (Å²) in [4.78, 5) is 16.1. The number of hydrogen-bond donors (Lipinski definition) is 1. The molecule has 2 aromatic rings. The Morgan fingerprint density at radius 3 is 2.85 bits per heavy atom. The molecule has 7 heteroatoms. The molecule has 1 N–H and O–H groups in total. The van der Waals surface area contributed by atoms with Gasteiger partial charge >= 0.3 is 29.6 Å². The normalized spacial score (nSPS) is 13.7. The third-order valence-corrected chi connectivity index (χ3v) is 5.85. The molecule has 0 amide bonds. The van der Waals surface area contributed by atoms with Crippen molar-refractivity contribution in [1.82, 2.24) is 10.1 Å². The van der Waals surface area contributed by atoms with Gasteiger partial charge in [0.2, 0.25) is 0 Å². The molecule has 0 saturated heterocycles. The van der Waals surface area contributed by atoms with Gasteiger partial charge in [0.15, 0.2) is 0 Å². The maximum atomic E-state index is 11.8. The minimum Gasteiger partial charge on any atom is -0.780 e. The van der Waals surface area contributed by atoms with Crippen LogP contribution in [0.15, 0.2) is 36.5 Å². The zero-order valence-corrected chi connectivity index (χ0v) is 15.4. The van der Waals surface area contributed by atoms with E-state index >= 15 is 0 Å². The van der Waals surface area contributed by atoms with Gasteiger partial charge in [-0.15, -0.1) is 0 Å². The molecule has 0 fully saturated rings. The van der Waals surface area contributed by atoms with Crippen molar-refractivity contribution >= 4 is 29.0 Å². The van der Waals surface area contributed by atoms with E-state index in [4.69, 9.17) is 0 Å². The number of hydrogen-bond acceptors (Lipinski definition) is 4. The number of para-hydroxylation sites is 1. The summed E-state index contributed by atoms with van der Waals surface area (Å²) in [5, 5.41) is 3.60. The molecule has 4 nitrogen and oxygen atoms in total. The van der Waals surface area contributed by atoms with Crippen molar-refractivity contribution in [1.29, 1.82) is 0 Å². The quantitative estimate of drug-likeness (QED) is 0.597. The van der Waals surface area contributed by atoms with Gasteiger partial charge in [-0.25, -0.2) is 0 Å². The Balaban J connectivity index is 0.00000200. The molecule has 1 aromatic carbocycles. The maximum absolute atomic E-state index is 11.8. The van der Waals surface area contributed by atoms with Crippen molar-refractivity contribution in [3.8, 4) is 0 Å². The second-order valence-corrected chi connectivity index (χ2v) is 8.25. The first-order chi connectivity index (χ1) is 9.12. The molecule has 0 bridgehead atoms. The number of nitrogens with one attached hydrogen (secondary N) is 1. The van der Waals surface area contributed by atoms with E-state index in [1.807, 2.05) is 37.3 Å². The molecule has 1 aromatic heterocycles. The van der Waals surface area contributed by atoms with Crippen LogP contribution in [0, 0.1) is 0 Å². The zero-order valence-electron chi connectivity index (χ0n) is 11.7. The van der Waals surface area contributed by atoms with Crippen molar-refractivity contribution in [2.24, 2.45) is 0 Å². The molecule has 1 atom stereocenters. The standard InChI is InChI=1S/C13H17N2O2PS.Na/c1-2-8-15-18(16,17)19-10-12-6-3-5-11-7-4-9-14-13(11)12;/h3-7,9H,2,8,10H2,1H3,(H2,15,16,17);/q;+1/p-1. The maximum Gasteiger partial charge on any atom is 1.00 e. The summed E-state index contributed by atoms with van der Waals surface area (Å²) >= 11 is 0.935. The average molecular weight is 318 g/mol. The van der Waals surface area contributed by atoms with Crippen LogP contribution in [-0.2, 0) is 10.3 Å². The summed E-state index contributed by atoms with van der Waals surface area (Å²) < 4.78 is 11.8. The number of rotatable bonds is 6. The third kappa shape index (κ3) is 5.15. The summed E-state index contributed by atoms with van der Waals surface area (Å²) in [5.74, 6) is 0.409. The van der Waals surface area contributed by atoms with Gasteiger partial charge in [0, 0.05) is 23.9 Å². The fraction of sp³-hybridized carbons (Fsp3) is 0.308. The molecular weight excluding hydrogens is 302 g/mol. The summed E-state index contributed by atoms with van der Waals surface area (Å²) in [6.45, 7) is -1.14. The van der Waals surface area contributed by atoms with E-state index in [9.17, 15) is 9.46 Å². The minimum absolute atomic E-state index is 0. The monoisotopic (exact) mass is 318 g/mol. The number of nitrogens with zero attached hydrogens (tertiary/aromatic N) is 1. The van der Waals surface area contributed by atoms with Gasteiger partial charge in [-0.2, -0.15) is 0 Å². The van der Waals surface area contributed by atoms with Crippen LogP contribution >= 0.6 is 18.1 Å². The van der Waals surface area contributed by atoms with E-state index in [0.29, 0.717) is 12.3 Å². The van der Waals surface area contributed by atoms with Gasteiger partial charge in [0.1, 0.15) is 6.72 Å². The number of pyridine rings is 1. The van der Waals surface area contributed by atoms with Crippen LogP contribution in [0.4, 0.5) is 0 Å². The van der Waals surface area contributed by atoms with Crippen LogP contribution in [0.5, 0.6) is 0 Å². The van der Waals surface area contributed by atoms with E-state index in [2.05, 4.69) is 10.1 Å². The van der Waals surface area contributed by atoms with Crippen molar-refractivity contribution in [3.63, 3.8) is 0 Å². The number of benzene rings is 1. The smallest absolute Gasteiger partial charge is 0.780 e. The van der Waals surface area contributed by atoms with Crippen LogP contribution in [0.2, 0.25) is 0 Å². The minimum atomic E-state index is -3.56. The summed E-state index contributed by atoms with van der Waals surface area (Å²) in [6, 6.07) is 9.67. The molecule has 102 valence electrons. The molecule has 2 rings (SSSR count). The molecule has 1 unspecified atom stereocenters. The first-order valence-corrected chi connectivity index (χ1v) is 9.37. The Hall–Kier alpha value is 0.130. The fourth-order valence-corrected chi connectivity index (χ4v) is 4.34. The average Bonchev–Trinajstić information content (AvgIpc) is 2.43. The van der Waals surface area contributed by atoms with Gasteiger partial charge in [0.05, 0.1) is 5.52 Å². The first kappa shape index (κ1) is 18.2. The van der Waals surface area contributed by atoms with Gasteiger partial charge < -0.3 is 9.46 Å². The summed E-state index contributed by atoms with van der Waals surface area (Å²) in [6.07, 6.45) is 2.52. The predicted octanol–water partition coefficient (Wildman–Crippen LogP) is -0.0600. The predicted molar refractivity (Wildman–Crippen MR) is 78.9 cm³/mol. The molecular formula is C13H16N2NaO2PS. The molecule has 0 saturated carbocycles. The van der Waals surface area contributed by atoms with E-state index in [1.165, 1.54) is 0 Å². The molecule has 1 heterocycles. The largest absolute Gasteiger partial charge is 1.00 e. The van der Waals surface area contributed by atoms with Crippen molar-refractivity contribution in [3.05, 3.63) is 42.1 Å². The molecule has 0 aliphatic rings. The van der Waals surface area contributed by atoms with Crippen LogP contribution in [-0.4, -0.2) is 11.5 Å². The molecule has 20 heavy (non-hydrogen) atoms. The van der Waals surface area contributed by atoms with E-state index in [1.54, 1.807) is 6.20 Å². The second-order valence-electron chi connectivity index (χ2n) is 4.17. The Morgan fingerprint density at radius 1 is 1.35 bits per heavy atom. The molecule has 0 radical (unpaired) electrons. The van der Waals surface area contributed by atoms with Crippen LogP contribution < -0.4 is 39.5 Å². The summed E-state index contributed by atoms with van der Waals surface area (Å²) in [7, 11) is 0. The number of aromatic nitrogens is 1. The Labute approximate surface area is 145 Å². The van der Waals surface area contributed by atoms with Crippen molar-refractivity contribution < 1.29 is 39.0 Å². The van der Waals surface area contributed by atoms with E-state index < -0.39 is 6.72 Å². The molecule has 0 aliphatic heterocycles. The molecule has 0 spiro atoms. The first-order valence-electron chi connectivity index (χ1n) is 6.16. The Kier molecular flexibility index (Phi) is 7.77. The SMILES string of the molecule is CCCNP(=O)([O-])SCc1cccc2cccnc12.[Na+]. The van der Waals surface area contributed by atoms with Crippen molar-refractivity contribution in [2.45, 2.75) is 19.1 Å². The second kappa shape index (κ2) is 8.54. The van der Waals surface area contributed by atoms with Gasteiger partial charge in [-0.05, 0) is 18.1 Å². The Bertz CT molecular complexity index is 606. The van der Waals surface area contributed by atoms with Crippen LogP contribution in [0.25, 0.3) is 10.9 Å². The van der Waals surface area contributed by atoms with E-state index in [-0.39, 0.29) is 29.6 Å². The van der Waals surface area contributed by atoms with Crippen LogP contribution in [0.1, 0.15) is 18.9 Å². The van der Waals surface area contributed by atoms with Crippen molar-refractivity contribution in [2.75, 3.05) is 6.54 Å². The summed E-state index contributed by atoms with van der Waals surface area (Å²) in [5.41, 5.74) is 1.81. The molecule has 0 aliphatic carbocycles. The zero-order chi connectivity index (χ0) is 13.7. The van der Waals surface area contributed by atoms with Gasteiger partial charge in [-0.1, -0.05) is 42.6 Å². The number of fused-ring (bicyclic) bond motifs is 1. The third-order valence-electron chi connectivity index (χ3n) is 2.66. The Morgan fingerprint density at radius 2 is 2.10 bits per heavy atom. The van der Waals surface area contributed by atoms with Crippen LogP contribution in [0.3, 0.4) is 0 Å². The van der Waals surface area contributed by atoms with Gasteiger partial charge in [0.25, 0.3) is 0 Å². The topological polar surface area (TPSA) is 65.0 Å². The van der Waals surface area contributed by atoms with E-state index in [0.717, 1.165) is 34.3 Å². The fourth-order valence-electron chi connectivity index (χ4n) is 1.73.